The molecular formula is C12H19NO2. The van der Waals surface area contributed by atoms with Gasteiger partial charge in [0, 0.05) is 13.1 Å². The molecule has 3 heteroatoms. The van der Waals surface area contributed by atoms with Crippen LogP contribution in [0.4, 0.5) is 4.79 Å². The van der Waals surface area contributed by atoms with E-state index in [-0.39, 0.29) is 0 Å². The molecule has 0 saturated carbocycles. The Morgan fingerprint density at radius 1 is 1.20 bits per heavy atom. The van der Waals surface area contributed by atoms with Crippen LogP contribution in [0.5, 0.6) is 0 Å². The average molecular weight is 209 g/mol. The van der Waals surface area contributed by atoms with Crippen molar-refractivity contribution in [2.24, 2.45) is 0 Å². The second-order valence-electron chi connectivity index (χ2n) is 3.11. The van der Waals surface area contributed by atoms with Crippen LogP contribution in [0.3, 0.4) is 0 Å². The normalized spacial score (nSPS) is 8.73. The van der Waals surface area contributed by atoms with Crippen molar-refractivity contribution < 1.29 is 9.90 Å². The van der Waals surface area contributed by atoms with Gasteiger partial charge in [-0.25, -0.2) is 4.79 Å². The summed E-state index contributed by atoms with van der Waals surface area (Å²) < 4.78 is 0. The van der Waals surface area contributed by atoms with E-state index in [2.05, 4.69) is 19.1 Å². The van der Waals surface area contributed by atoms with E-state index in [4.69, 9.17) is 5.11 Å². The summed E-state index contributed by atoms with van der Waals surface area (Å²) in [5.74, 6) is 0. The average Bonchev–Trinajstić information content (AvgIpc) is 2.21. The monoisotopic (exact) mass is 209 g/mol. The van der Waals surface area contributed by atoms with Gasteiger partial charge >= 0.3 is 6.09 Å². The molecule has 0 atom stereocenters. The molecule has 0 heterocycles. The smallest absolute Gasteiger partial charge is 0.407 e. The topological polar surface area (TPSA) is 40.5 Å². The maximum Gasteiger partial charge on any atom is 0.407 e. The van der Waals surface area contributed by atoms with Crippen LogP contribution in [0.25, 0.3) is 0 Å². The van der Waals surface area contributed by atoms with E-state index in [1.165, 1.54) is 10.5 Å². The molecular weight excluding hydrogens is 190 g/mol. The Balaban J connectivity index is 0.000000262. The molecule has 1 aromatic carbocycles. The third-order valence-electron chi connectivity index (χ3n) is 1.97. The molecule has 84 valence electrons. The lowest BCUT2D eigenvalue weighted by Gasteiger charge is -2.12. The molecule has 0 spiro atoms. The second kappa shape index (κ2) is 7.85. The summed E-state index contributed by atoms with van der Waals surface area (Å²) >= 11 is 0. The van der Waals surface area contributed by atoms with E-state index in [9.17, 15) is 4.79 Å². The first-order valence-corrected chi connectivity index (χ1v) is 5.11. The van der Waals surface area contributed by atoms with Gasteiger partial charge in [-0.05, 0) is 20.8 Å². The van der Waals surface area contributed by atoms with Gasteiger partial charge in [-0.1, -0.05) is 35.9 Å². The SMILES string of the molecule is CCN(CC)C(=O)O.Cc1ccccc1. The molecule has 0 aliphatic rings. The Morgan fingerprint density at radius 2 is 1.67 bits per heavy atom. The zero-order valence-corrected chi connectivity index (χ0v) is 9.60. The number of carboxylic acid groups (broad SMARTS) is 1. The molecule has 1 N–H and O–H groups in total. The van der Waals surface area contributed by atoms with Gasteiger partial charge in [0.25, 0.3) is 0 Å². The van der Waals surface area contributed by atoms with Gasteiger partial charge in [-0.15, -0.1) is 0 Å². The molecule has 0 aromatic heterocycles. The van der Waals surface area contributed by atoms with Crippen molar-refractivity contribution in [3.8, 4) is 0 Å². The third-order valence-corrected chi connectivity index (χ3v) is 1.97. The van der Waals surface area contributed by atoms with Crippen molar-refractivity contribution in [2.75, 3.05) is 13.1 Å². The molecule has 15 heavy (non-hydrogen) atoms. The highest BCUT2D eigenvalue weighted by atomic mass is 16.4. The summed E-state index contributed by atoms with van der Waals surface area (Å²) in [4.78, 5) is 11.4. The minimum absolute atomic E-state index is 0.575. The minimum atomic E-state index is -0.838. The van der Waals surface area contributed by atoms with Crippen LogP contribution in [-0.4, -0.2) is 29.2 Å². The fraction of sp³-hybridized carbons (Fsp3) is 0.417. The predicted octanol–water partition coefficient (Wildman–Crippen LogP) is 3.00. The summed E-state index contributed by atoms with van der Waals surface area (Å²) in [6.45, 7) is 6.87. The number of hydrogen-bond donors (Lipinski definition) is 1. The molecule has 1 rings (SSSR count). The van der Waals surface area contributed by atoms with Crippen molar-refractivity contribution >= 4 is 6.09 Å². The first kappa shape index (κ1) is 13.5. The summed E-state index contributed by atoms with van der Waals surface area (Å²) in [6.07, 6.45) is -0.838. The first-order chi connectivity index (χ1) is 7.11. The molecule has 1 aromatic rings. The van der Waals surface area contributed by atoms with Crippen LogP contribution in [0.15, 0.2) is 30.3 Å². The van der Waals surface area contributed by atoms with Crippen LogP contribution in [-0.2, 0) is 0 Å². The maximum atomic E-state index is 10.1. The van der Waals surface area contributed by atoms with Gasteiger partial charge in [0.05, 0.1) is 0 Å². The van der Waals surface area contributed by atoms with Gasteiger partial charge in [0.15, 0.2) is 0 Å². The Hall–Kier alpha value is -1.51. The van der Waals surface area contributed by atoms with Gasteiger partial charge in [-0.2, -0.15) is 0 Å². The molecule has 0 bridgehead atoms. The number of carbonyl (C=O) groups is 1. The third kappa shape index (κ3) is 6.55. The number of nitrogens with zero attached hydrogens (tertiary/aromatic N) is 1. The van der Waals surface area contributed by atoms with Crippen LogP contribution in [0.2, 0.25) is 0 Å². The summed E-state index contributed by atoms with van der Waals surface area (Å²) in [6, 6.07) is 10.3. The number of hydrogen-bond acceptors (Lipinski definition) is 1. The largest absolute Gasteiger partial charge is 0.465 e. The van der Waals surface area contributed by atoms with Gasteiger partial charge in [-0.3, -0.25) is 0 Å². The summed E-state index contributed by atoms with van der Waals surface area (Å²) in [5, 5.41) is 8.30. The number of benzene rings is 1. The van der Waals surface area contributed by atoms with Crippen LogP contribution in [0, 0.1) is 6.92 Å². The molecule has 0 unspecified atom stereocenters. The highest BCUT2D eigenvalue weighted by Gasteiger charge is 2.02. The molecule has 3 nitrogen and oxygen atoms in total. The fourth-order valence-corrected chi connectivity index (χ4v) is 1.03. The van der Waals surface area contributed by atoms with Crippen molar-refractivity contribution in [3.05, 3.63) is 35.9 Å². The fourth-order valence-electron chi connectivity index (χ4n) is 1.03. The van der Waals surface area contributed by atoms with E-state index < -0.39 is 6.09 Å². The number of aryl methyl sites for hydroxylation is 1. The zero-order valence-electron chi connectivity index (χ0n) is 9.60. The number of rotatable bonds is 2. The molecule has 0 aliphatic heterocycles. The van der Waals surface area contributed by atoms with Gasteiger partial charge < -0.3 is 10.0 Å². The Labute approximate surface area is 91.3 Å². The van der Waals surface area contributed by atoms with Crippen molar-refractivity contribution in [1.29, 1.82) is 0 Å². The molecule has 0 radical (unpaired) electrons. The standard InChI is InChI=1S/C7H8.C5H11NO2/c1-7-5-3-2-4-6-7;1-3-6(4-2)5(7)8/h2-6H,1H3;3-4H2,1-2H3,(H,7,8). The molecule has 0 saturated heterocycles. The first-order valence-electron chi connectivity index (χ1n) is 5.11. The van der Waals surface area contributed by atoms with E-state index >= 15 is 0 Å². The van der Waals surface area contributed by atoms with Crippen LogP contribution < -0.4 is 0 Å². The van der Waals surface area contributed by atoms with Crippen molar-refractivity contribution in [1.82, 2.24) is 4.90 Å². The lowest BCUT2D eigenvalue weighted by Crippen LogP contribution is -2.28. The quantitative estimate of drug-likeness (QED) is 0.813. The van der Waals surface area contributed by atoms with E-state index in [0.29, 0.717) is 13.1 Å². The lowest BCUT2D eigenvalue weighted by atomic mass is 10.2. The Bertz CT molecular complexity index is 268. The van der Waals surface area contributed by atoms with Crippen LogP contribution in [0.1, 0.15) is 19.4 Å². The second-order valence-corrected chi connectivity index (χ2v) is 3.11. The van der Waals surface area contributed by atoms with E-state index in [1.54, 1.807) is 0 Å². The maximum absolute atomic E-state index is 10.1. The van der Waals surface area contributed by atoms with E-state index in [0.717, 1.165) is 0 Å². The highest BCUT2D eigenvalue weighted by molar-refractivity contribution is 5.64. The molecule has 1 amide bonds. The summed E-state index contributed by atoms with van der Waals surface area (Å²) in [5.41, 5.74) is 1.32. The molecule has 0 aliphatic carbocycles. The minimum Gasteiger partial charge on any atom is -0.465 e. The van der Waals surface area contributed by atoms with Gasteiger partial charge in [0.2, 0.25) is 0 Å². The predicted molar refractivity (Wildman–Crippen MR) is 62.1 cm³/mol. The molecule has 0 fully saturated rings. The number of amides is 1. The van der Waals surface area contributed by atoms with Crippen molar-refractivity contribution in [3.63, 3.8) is 0 Å². The zero-order chi connectivity index (χ0) is 11.7. The van der Waals surface area contributed by atoms with Crippen LogP contribution >= 0.6 is 0 Å². The summed E-state index contributed by atoms with van der Waals surface area (Å²) in [7, 11) is 0. The lowest BCUT2D eigenvalue weighted by molar-refractivity contribution is 0.150. The van der Waals surface area contributed by atoms with Gasteiger partial charge in [0.1, 0.15) is 0 Å². The highest BCUT2D eigenvalue weighted by Crippen LogP contribution is 1.92. The van der Waals surface area contributed by atoms with E-state index in [1.807, 2.05) is 32.0 Å². The Kier molecular flexibility index (Phi) is 7.06. The van der Waals surface area contributed by atoms with Crippen molar-refractivity contribution in [2.45, 2.75) is 20.8 Å². The Morgan fingerprint density at radius 3 is 1.80 bits per heavy atom.